The van der Waals surface area contributed by atoms with Crippen molar-refractivity contribution in [2.45, 2.75) is 43.1 Å². The summed E-state index contributed by atoms with van der Waals surface area (Å²) in [6.45, 7) is 0. The zero-order valence-electron chi connectivity index (χ0n) is 10.2. The van der Waals surface area contributed by atoms with E-state index in [4.69, 9.17) is 5.11 Å². The van der Waals surface area contributed by atoms with Crippen LogP contribution in [-0.4, -0.2) is 16.3 Å². The quantitative estimate of drug-likeness (QED) is 0.893. The van der Waals surface area contributed by atoms with Gasteiger partial charge >= 0.3 is 5.97 Å². The van der Waals surface area contributed by atoms with Gasteiger partial charge in [0.1, 0.15) is 5.82 Å². The maximum atomic E-state index is 13.2. The van der Waals surface area contributed by atoms with Gasteiger partial charge in [-0.05, 0) is 36.6 Å². The van der Waals surface area contributed by atoms with Gasteiger partial charge in [-0.25, -0.2) is 9.18 Å². The number of hydrogen-bond acceptors (Lipinski definition) is 2. The van der Waals surface area contributed by atoms with Gasteiger partial charge in [-0.1, -0.05) is 19.3 Å². The number of benzene rings is 1. The predicted molar refractivity (Wildman–Crippen MR) is 71.5 cm³/mol. The lowest BCUT2D eigenvalue weighted by Gasteiger charge is -2.21. The number of halogens is 1. The van der Waals surface area contributed by atoms with Gasteiger partial charge in [0, 0.05) is 11.0 Å². The van der Waals surface area contributed by atoms with Gasteiger partial charge < -0.3 is 5.11 Å². The van der Waals surface area contributed by atoms with Gasteiger partial charge in [-0.15, -0.1) is 0 Å². The Labute approximate surface area is 111 Å². The Morgan fingerprint density at radius 3 is 2.72 bits per heavy atom. The van der Waals surface area contributed by atoms with Crippen molar-refractivity contribution in [1.82, 2.24) is 0 Å². The second kappa shape index (κ2) is 6.23. The van der Waals surface area contributed by atoms with Crippen LogP contribution >= 0.6 is 11.8 Å². The van der Waals surface area contributed by atoms with Crippen LogP contribution in [0.3, 0.4) is 0 Å². The third-order valence-corrected chi connectivity index (χ3v) is 4.74. The number of carboxylic acid groups (broad SMARTS) is 1. The summed E-state index contributed by atoms with van der Waals surface area (Å²) in [4.78, 5) is 11.1. The monoisotopic (exact) mass is 268 g/mol. The molecule has 0 unspecified atom stereocenters. The summed E-state index contributed by atoms with van der Waals surface area (Å²) in [6, 6.07) is 3.91. The summed E-state index contributed by atoms with van der Waals surface area (Å²) in [7, 11) is 0. The SMILES string of the molecule is O=C(O)c1ccc(F)cc1CSC1CCCCC1. The highest BCUT2D eigenvalue weighted by Gasteiger charge is 2.16. The molecule has 0 atom stereocenters. The maximum absolute atomic E-state index is 13.2. The van der Waals surface area contributed by atoms with E-state index < -0.39 is 5.97 Å². The van der Waals surface area contributed by atoms with Crippen LogP contribution in [0.5, 0.6) is 0 Å². The summed E-state index contributed by atoms with van der Waals surface area (Å²) in [5, 5.41) is 9.66. The largest absolute Gasteiger partial charge is 0.478 e. The Hall–Kier alpha value is -1.03. The fourth-order valence-electron chi connectivity index (χ4n) is 2.33. The maximum Gasteiger partial charge on any atom is 0.335 e. The van der Waals surface area contributed by atoms with Gasteiger partial charge in [0.15, 0.2) is 0 Å². The van der Waals surface area contributed by atoms with Crippen LogP contribution in [0, 0.1) is 5.82 Å². The van der Waals surface area contributed by atoms with E-state index in [1.54, 1.807) is 11.8 Å². The lowest BCUT2D eigenvalue weighted by Crippen LogP contribution is -2.09. The minimum atomic E-state index is -0.978. The van der Waals surface area contributed by atoms with Gasteiger partial charge in [0.25, 0.3) is 0 Å². The molecule has 4 heteroatoms. The molecule has 1 aliphatic carbocycles. The Balaban J connectivity index is 2.03. The topological polar surface area (TPSA) is 37.3 Å². The first-order valence-electron chi connectivity index (χ1n) is 6.30. The molecule has 98 valence electrons. The summed E-state index contributed by atoms with van der Waals surface area (Å²) in [5.41, 5.74) is 0.817. The molecule has 1 aromatic carbocycles. The lowest BCUT2D eigenvalue weighted by atomic mass is 10.0. The first-order chi connectivity index (χ1) is 8.66. The number of rotatable bonds is 4. The Morgan fingerprint density at radius 1 is 1.33 bits per heavy atom. The minimum absolute atomic E-state index is 0.222. The molecule has 1 N–H and O–H groups in total. The van der Waals surface area contributed by atoms with E-state index >= 15 is 0 Å². The van der Waals surface area contributed by atoms with Crippen molar-refractivity contribution < 1.29 is 14.3 Å². The summed E-state index contributed by atoms with van der Waals surface area (Å²) < 4.78 is 13.2. The Bertz CT molecular complexity index is 428. The molecule has 1 saturated carbocycles. The number of carboxylic acids is 1. The zero-order chi connectivity index (χ0) is 13.0. The molecule has 0 radical (unpaired) electrons. The van der Waals surface area contributed by atoms with Crippen LogP contribution in [0.1, 0.15) is 48.0 Å². The van der Waals surface area contributed by atoms with Gasteiger partial charge in [0.05, 0.1) is 5.56 Å². The highest BCUT2D eigenvalue weighted by atomic mass is 32.2. The highest BCUT2D eigenvalue weighted by molar-refractivity contribution is 7.99. The third kappa shape index (κ3) is 3.48. The fraction of sp³-hybridized carbons (Fsp3) is 0.500. The molecule has 1 fully saturated rings. The molecular weight excluding hydrogens is 251 g/mol. The molecule has 0 bridgehead atoms. The average Bonchev–Trinajstić information content (AvgIpc) is 2.37. The summed E-state index contributed by atoms with van der Waals surface area (Å²) in [5.74, 6) is -0.752. The highest BCUT2D eigenvalue weighted by Crippen LogP contribution is 2.31. The normalized spacial score (nSPS) is 16.7. The van der Waals surface area contributed by atoms with E-state index in [0.29, 0.717) is 16.6 Å². The van der Waals surface area contributed by atoms with Crippen molar-refractivity contribution >= 4 is 17.7 Å². The van der Waals surface area contributed by atoms with E-state index in [-0.39, 0.29) is 11.4 Å². The lowest BCUT2D eigenvalue weighted by molar-refractivity contribution is 0.0696. The van der Waals surface area contributed by atoms with Crippen molar-refractivity contribution in [3.63, 3.8) is 0 Å². The van der Waals surface area contributed by atoms with Crippen molar-refractivity contribution in [2.24, 2.45) is 0 Å². The second-order valence-corrected chi connectivity index (χ2v) is 5.97. The molecule has 0 spiro atoms. The smallest absolute Gasteiger partial charge is 0.335 e. The van der Waals surface area contributed by atoms with Gasteiger partial charge in [-0.2, -0.15) is 11.8 Å². The molecule has 0 aromatic heterocycles. The minimum Gasteiger partial charge on any atom is -0.478 e. The summed E-state index contributed by atoms with van der Waals surface area (Å²) in [6.07, 6.45) is 6.21. The van der Waals surface area contributed by atoms with Crippen molar-refractivity contribution in [3.05, 3.63) is 35.1 Å². The van der Waals surface area contributed by atoms with Crippen LogP contribution in [0.15, 0.2) is 18.2 Å². The molecule has 0 saturated heterocycles. The van der Waals surface area contributed by atoms with Crippen molar-refractivity contribution in [1.29, 1.82) is 0 Å². The summed E-state index contributed by atoms with van der Waals surface area (Å²) >= 11 is 1.76. The van der Waals surface area contributed by atoms with Crippen LogP contribution in [0.25, 0.3) is 0 Å². The molecule has 18 heavy (non-hydrogen) atoms. The third-order valence-electron chi connectivity index (χ3n) is 3.32. The number of hydrogen-bond donors (Lipinski definition) is 1. The standard InChI is InChI=1S/C14H17FO2S/c15-11-6-7-13(14(16)17)10(8-11)9-18-12-4-2-1-3-5-12/h6-8,12H,1-5,9H2,(H,16,17). The van der Waals surface area contributed by atoms with Gasteiger partial charge in [0.2, 0.25) is 0 Å². The molecule has 2 rings (SSSR count). The van der Waals surface area contributed by atoms with E-state index in [1.807, 2.05) is 0 Å². The fourth-order valence-corrected chi connectivity index (χ4v) is 3.65. The number of carbonyl (C=O) groups is 1. The van der Waals surface area contributed by atoms with Crippen molar-refractivity contribution in [2.75, 3.05) is 0 Å². The van der Waals surface area contributed by atoms with E-state index in [1.165, 1.54) is 50.3 Å². The molecular formula is C14H17FO2S. The molecule has 1 aromatic rings. The van der Waals surface area contributed by atoms with Crippen LogP contribution < -0.4 is 0 Å². The molecule has 2 nitrogen and oxygen atoms in total. The van der Waals surface area contributed by atoms with Crippen molar-refractivity contribution in [3.8, 4) is 0 Å². The predicted octanol–water partition coefficient (Wildman–Crippen LogP) is 4.09. The first-order valence-corrected chi connectivity index (χ1v) is 7.35. The van der Waals surface area contributed by atoms with Crippen LogP contribution in [-0.2, 0) is 5.75 Å². The molecule has 0 aliphatic heterocycles. The second-order valence-electron chi connectivity index (χ2n) is 4.68. The Kier molecular flexibility index (Phi) is 4.64. The molecule has 1 aliphatic rings. The average molecular weight is 268 g/mol. The van der Waals surface area contributed by atoms with Crippen LogP contribution in [0.2, 0.25) is 0 Å². The molecule has 0 amide bonds. The Morgan fingerprint density at radius 2 is 2.06 bits per heavy atom. The van der Waals surface area contributed by atoms with E-state index in [9.17, 15) is 9.18 Å². The molecule has 0 heterocycles. The van der Waals surface area contributed by atoms with E-state index in [2.05, 4.69) is 0 Å². The number of aromatic carboxylic acids is 1. The van der Waals surface area contributed by atoms with Crippen LogP contribution in [0.4, 0.5) is 4.39 Å². The zero-order valence-corrected chi connectivity index (χ0v) is 11.0. The van der Waals surface area contributed by atoms with E-state index in [0.717, 1.165) is 0 Å². The number of thioether (sulfide) groups is 1. The first kappa shape index (κ1) is 13.4. The van der Waals surface area contributed by atoms with Gasteiger partial charge in [-0.3, -0.25) is 0 Å².